The Labute approximate surface area is 103 Å². The van der Waals surface area contributed by atoms with Crippen LogP contribution in [0.5, 0.6) is 11.5 Å². The quantitative estimate of drug-likeness (QED) is 0.867. The highest BCUT2D eigenvalue weighted by atomic mass is 16.5. The number of carbonyl (C=O) groups is 1. The number of anilines is 1. The highest BCUT2D eigenvalue weighted by Crippen LogP contribution is 2.23. The fraction of sp³-hybridized carbons (Fsp3) is 0.167. The van der Waals surface area contributed by atoms with Crippen LogP contribution in [0.4, 0.5) is 5.88 Å². The Morgan fingerprint density at radius 3 is 2.83 bits per heavy atom. The number of rotatable bonds is 3. The molecule has 0 atom stereocenters. The molecule has 0 unspecified atom stereocenters. The first-order chi connectivity index (χ1) is 8.60. The number of aromatic hydroxyl groups is 1. The van der Waals surface area contributed by atoms with E-state index >= 15 is 0 Å². The molecular formula is C12H12N2O4. The molecule has 0 spiro atoms. The van der Waals surface area contributed by atoms with Gasteiger partial charge in [-0.25, -0.2) is 0 Å². The fourth-order valence-corrected chi connectivity index (χ4v) is 1.43. The number of nitrogens with zero attached hydrogens (tertiary/aromatic N) is 1. The molecule has 94 valence electrons. The van der Waals surface area contributed by atoms with Gasteiger partial charge in [0.25, 0.3) is 5.91 Å². The maximum absolute atomic E-state index is 11.9. The summed E-state index contributed by atoms with van der Waals surface area (Å²) in [6.45, 7) is 1.74. The molecule has 2 aromatic rings. The molecule has 6 nitrogen and oxygen atoms in total. The van der Waals surface area contributed by atoms with Gasteiger partial charge in [-0.05, 0) is 25.1 Å². The second-order valence-corrected chi connectivity index (χ2v) is 3.67. The van der Waals surface area contributed by atoms with Crippen LogP contribution in [-0.4, -0.2) is 23.3 Å². The minimum absolute atomic E-state index is 0.100. The van der Waals surface area contributed by atoms with E-state index in [-0.39, 0.29) is 17.2 Å². The van der Waals surface area contributed by atoms with Gasteiger partial charge in [0.1, 0.15) is 11.5 Å². The number of ether oxygens (including phenoxy) is 1. The summed E-state index contributed by atoms with van der Waals surface area (Å²) in [6.07, 6.45) is 0. The summed E-state index contributed by atoms with van der Waals surface area (Å²) in [5.41, 5.74) is 0.753. The number of aryl methyl sites for hydroxylation is 1. The van der Waals surface area contributed by atoms with Crippen molar-refractivity contribution in [3.63, 3.8) is 0 Å². The van der Waals surface area contributed by atoms with Gasteiger partial charge < -0.3 is 14.4 Å². The minimum Gasteiger partial charge on any atom is -0.507 e. The van der Waals surface area contributed by atoms with E-state index < -0.39 is 5.91 Å². The topological polar surface area (TPSA) is 84.6 Å². The van der Waals surface area contributed by atoms with Crippen LogP contribution in [0.15, 0.2) is 28.8 Å². The van der Waals surface area contributed by atoms with Crippen molar-refractivity contribution in [1.82, 2.24) is 5.16 Å². The van der Waals surface area contributed by atoms with Gasteiger partial charge in [0, 0.05) is 6.07 Å². The van der Waals surface area contributed by atoms with Crippen molar-refractivity contribution in [3.05, 3.63) is 35.5 Å². The summed E-state index contributed by atoms with van der Waals surface area (Å²) in [7, 11) is 1.48. The Bertz CT molecular complexity index is 577. The maximum atomic E-state index is 11.9. The normalized spacial score (nSPS) is 10.1. The number of phenolic OH excluding ortho intramolecular Hbond substituents is 1. The first-order valence-electron chi connectivity index (χ1n) is 5.22. The van der Waals surface area contributed by atoms with E-state index in [4.69, 9.17) is 9.26 Å². The summed E-state index contributed by atoms with van der Waals surface area (Å²) in [5.74, 6) is 0.0681. The minimum atomic E-state index is -0.498. The average molecular weight is 248 g/mol. The maximum Gasteiger partial charge on any atom is 0.261 e. The molecule has 0 aliphatic rings. The number of phenols is 1. The van der Waals surface area contributed by atoms with E-state index in [1.165, 1.54) is 19.2 Å². The van der Waals surface area contributed by atoms with Crippen LogP contribution in [-0.2, 0) is 0 Å². The summed E-state index contributed by atoms with van der Waals surface area (Å²) in [6, 6.07) is 5.97. The number of methoxy groups -OCH3 is 1. The van der Waals surface area contributed by atoms with Crippen molar-refractivity contribution in [2.75, 3.05) is 12.4 Å². The number of aromatic nitrogens is 1. The molecule has 0 fully saturated rings. The predicted molar refractivity (Wildman–Crippen MR) is 63.9 cm³/mol. The number of nitrogens with one attached hydrogen (secondary N) is 1. The van der Waals surface area contributed by atoms with Gasteiger partial charge in [-0.15, -0.1) is 0 Å². The van der Waals surface area contributed by atoms with E-state index in [2.05, 4.69) is 10.5 Å². The molecule has 2 N–H and O–H groups in total. The van der Waals surface area contributed by atoms with Crippen LogP contribution < -0.4 is 10.1 Å². The van der Waals surface area contributed by atoms with Gasteiger partial charge in [-0.1, -0.05) is 5.16 Å². The Morgan fingerprint density at radius 1 is 1.44 bits per heavy atom. The van der Waals surface area contributed by atoms with Crippen LogP contribution in [0.1, 0.15) is 16.1 Å². The Kier molecular flexibility index (Phi) is 3.18. The zero-order chi connectivity index (χ0) is 13.1. The zero-order valence-corrected chi connectivity index (χ0v) is 9.93. The largest absolute Gasteiger partial charge is 0.507 e. The fourth-order valence-electron chi connectivity index (χ4n) is 1.43. The number of benzene rings is 1. The van der Waals surface area contributed by atoms with E-state index in [0.29, 0.717) is 11.4 Å². The Balaban J connectivity index is 2.23. The number of carbonyl (C=O) groups excluding carboxylic acids is 1. The lowest BCUT2D eigenvalue weighted by atomic mass is 10.2. The van der Waals surface area contributed by atoms with Gasteiger partial charge in [0.15, 0.2) is 0 Å². The van der Waals surface area contributed by atoms with Crippen molar-refractivity contribution < 1.29 is 19.2 Å². The lowest BCUT2D eigenvalue weighted by molar-refractivity contribution is 0.102. The Hall–Kier alpha value is -2.50. The van der Waals surface area contributed by atoms with Crippen LogP contribution in [0.3, 0.4) is 0 Å². The predicted octanol–water partition coefficient (Wildman–Crippen LogP) is 1.95. The second kappa shape index (κ2) is 4.79. The van der Waals surface area contributed by atoms with Crippen LogP contribution in [0, 0.1) is 6.92 Å². The van der Waals surface area contributed by atoms with E-state index in [1.54, 1.807) is 19.1 Å². The summed E-state index contributed by atoms with van der Waals surface area (Å²) in [5, 5.41) is 15.8. The second-order valence-electron chi connectivity index (χ2n) is 3.67. The standard InChI is InChI=1S/C12H12N2O4/c1-7-5-11(18-14-7)13-12(16)9-6-8(17-2)3-4-10(9)15/h3-6,15H,1-2H3,(H,13,16). The lowest BCUT2D eigenvalue weighted by Gasteiger charge is -2.06. The number of hydrogen-bond acceptors (Lipinski definition) is 5. The smallest absolute Gasteiger partial charge is 0.261 e. The molecule has 0 aliphatic carbocycles. The van der Waals surface area contributed by atoms with Crippen LogP contribution in [0.25, 0.3) is 0 Å². The van der Waals surface area contributed by atoms with E-state index in [0.717, 1.165) is 0 Å². The van der Waals surface area contributed by atoms with Gasteiger partial charge in [-0.2, -0.15) is 0 Å². The van der Waals surface area contributed by atoms with Crippen molar-refractivity contribution in [3.8, 4) is 11.5 Å². The highest BCUT2D eigenvalue weighted by Gasteiger charge is 2.14. The van der Waals surface area contributed by atoms with Crippen molar-refractivity contribution in [2.24, 2.45) is 0 Å². The number of amides is 1. The molecular weight excluding hydrogens is 236 g/mol. The lowest BCUT2D eigenvalue weighted by Crippen LogP contribution is -2.11. The first kappa shape index (κ1) is 12.0. The van der Waals surface area contributed by atoms with Crippen LogP contribution in [0.2, 0.25) is 0 Å². The molecule has 0 radical (unpaired) electrons. The molecule has 18 heavy (non-hydrogen) atoms. The third-order valence-corrected chi connectivity index (χ3v) is 2.31. The molecule has 0 aliphatic heterocycles. The third kappa shape index (κ3) is 2.42. The zero-order valence-electron chi connectivity index (χ0n) is 9.93. The van der Waals surface area contributed by atoms with Crippen LogP contribution >= 0.6 is 0 Å². The van der Waals surface area contributed by atoms with E-state index in [9.17, 15) is 9.90 Å². The molecule has 0 bridgehead atoms. The summed E-state index contributed by atoms with van der Waals surface area (Å²) in [4.78, 5) is 11.9. The Morgan fingerprint density at radius 2 is 2.22 bits per heavy atom. The molecule has 2 rings (SSSR count). The number of hydrogen-bond donors (Lipinski definition) is 2. The molecule has 1 amide bonds. The van der Waals surface area contributed by atoms with Gasteiger partial charge in [0.2, 0.25) is 5.88 Å². The molecule has 0 saturated heterocycles. The third-order valence-electron chi connectivity index (χ3n) is 2.31. The van der Waals surface area contributed by atoms with Gasteiger partial charge in [-0.3, -0.25) is 10.1 Å². The monoisotopic (exact) mass is 248 g/mol. The molecule has 1 heterocycles. The molecule has 0 saturated carbocycles. The van der Waals surface area contributed by atoms with Gasteiger partial charge >= 0.3 is 0 Å². The summed E-state index contributed by atoms with van der Waals surface area (Å²) >= 11 is 0. The average Bonchev–Trinajstić information content (AvgIpc) is 2.75. The first-order valence-corrected chi connectivity index (χ1v) is 5.22. The van der Waals surface area contributed by atoms with Gasteiger partial charge in [0.05, 0.1) is 18.4 Å². The highest BCUT2D eigenvalue weighted by molar-refractivity contribution is 6.05. The molecule has 1 aromatic heterocycles. The molecule has 6 heteroatoms. The van der Waals surface area contributed by atoms with E-state index in [1.807, 2.05) is 0 Å². The molecule has 1 aromatic carbocycles. The summed E-state index contributed by atoms with van der Waals surface area (Å²) < 4.78 is 9.85. The SMILES string of the molecule is COc1ccc(O)c(C(=O)Nc2cc(C)no2)c1. The van der Waals surface area contributed by atoms with Crippen molar-refractivity contribution in [2.45, 2.75) is 6.92 Å². The van der Waals surface area contributed by atoms with Crippen molar-refractivity contribution >= 4 is 11.8 Å². The van der Waals surface area contributed by atoms with Crippen molar-refractivity contribution in [1.29, 1.82) is 0 Å².